The molecule has 0 unspecified atom stereocenters. The molecule has 0 saturated carbocycles. The second-order valence-electron chi connectivity index (χ2n) is 5.31. The molecule has 20 heavy (non-hydrogen) atoms. The van der Waals surface area contributed by atoms with Crippen molar-refractivity contribution in [1.82, 2.24) is 9.78 Å². The van der Waals surface area contributed by atoms with E-state index in [0.29, 0.717) is 0 Å². The molecular formula is C16H22BrN3. The molecule has 0 spiro atoms. The number of anilines is 1. The van der Waals surface area contributed by atoms with Gasteiger partial charge >= 0.3 is 0 Å². The predicted octanol–water partition coefficient (Wildman–Crippen LogP) is 4.23. The van der Waals surface area contributed by atoms with Crippen LogP contribution in [-0.4, -0.2) is 16.8 Å². The van der Waals surface area contributed by atoms with Crippen LogP contribution >= 0.6 is 15.9 Å². The number of hydrogen-bond acceptors (Lipinski definition) is 2. The van der Waals surface area contributed by atoms with E-state index < -0.39 is 0 Å². The first-order chi connectivity index (χ1) is 9.43. The molecular weight excluding hydrogens is 314 g/mol. The van der Waals surface area contributed by atoms with Gasteiger partial charge in [-0.05, 0) is 55.3 Å². The summed E-state index contributed by atoms with van der Waals surface area (Å²) in [6, 6.07) is 6.58. The van der Waals surface area contributed by atoms with Crippen molar-refractivity contribution in [2.75, 3.05) is 11.9 Å². The maximum Gasteiger partial charge on any atom is 0.0739 e. The monoisotopic (exact) mass is 335 g/mol. The summed E-state index contributed by atoms with van der Waals surface area (Å²) in [4.78, 5) is 2.28. The van der Waals surface area contributed by atoms with Gasteiger partial charge in [-0.2, -0.15) is 5.10 Å². The van der Waals surface area contributed by atoms with E-state index in [1.807, 2.05) is 6.92 Å². The lowest BCUT2D eigenvalue weighted by Gasteiger charge is -2.22. The highest BCUT2D eigenvalue weighted by Gasteiger charge is 2.15. The summed E-state index contributed by atoms with van der Waals surface area (Å²) in [5.74, 6) is 0. The van der Waals surface area contributed by atoms with Gasteiger partial charge in [0.1, 0.15) is 0 Å². The largest absolute Gasteiger partial charge is 0.368 e. The van der Waals surface area contributed by atoms with Crippen LogP contribution in [0, 0.1) is 20.8 Å². The van der Waals surface area contributed by atoms with Gasteiger partial charge in [-0.25, -0.2) is 0 Å². The molecule has 0 fully saturated rings. The van der Waals surface area contributed by atoms with Crippen LogP contribution in [-0.2, 0) is 13.1 Å². The molecule has 1 aromatic heterocycles. The maximum absolute atomic E-state index is 4.56. The van der Waals surface area contributed by atoms with E-state index in [-0.39, 0.29) is 0 Å². The third-order valence-electron chi connectivity index (χ3n) is 3.60. The van der Waals surface area contributed by atoms with Crippen molar-refractivity contribution in [2.24, 2.45) is 0 Å². The predicted molar refractivity (Wildman–Crippen MR) is 88.4 cm³/mol. The Morgan fingerprint density at radius 3 is 2.55 bits per heavy atom. The molecule has 0 atom stereocenters. The Balaban J connectivity index is 2.30. The smallest absolute Gasteiger partial charge is 0.0739 e. The summed E-state index contributed by atoms with van der Waals surface area (Å²) < 4.78 is 3.19. The lowest BCUT2D eigenvalue weighted by molar-refractivity contribution is 0.612. The Kier molecular flexibility index (Phi) is 4.53. The van der Waals surface area contributed by atoms with Gasteiger partial charge < -0.3 is 4.90 Å². The van der Waals surface area contributed by atoms with E-state index in [1.165, 1.54) is 22.5 Å². The Bertz CT molecular complexity index is 616. The molecule has 2 rings (SSSR count). The molecule has 0 saturated heterocycles. The summed E-state index contributed by atoms with van der Waals surface area (Å²) in [6.45, 7) is 10.2. The number of aromatic nitrogens is 2. The fraction of sp³-hybridized carbons (Fsp3) is 0.438. The summed E-state index contributed by atoms with van der Waals surface area (Å²) in [5, 5.41) is 4.56. The zero-order valence-electron chi connectivity index (χ0n) is 12.9. The summed E-state index contributed by atoms with van der Waals surface area (Å²) >= 11 is 3.66. The van der Waals surface area contributed by atoms with Gasteiger partial charge in [0, 0.05) is 19.3 Å². The fourth-order valence-electron chi connectivity index (χ4n) is 2.56. The van der Waals surface area contributed by atoms with E-state index in [2.05, 4.69) is 76.6 Å². The molecule has 1 aromatic carbocycles. The molecule has 1 heterocycles. The first kappa shape index (κ1) is 15.1. The molecule has 0 aliphatic heterocycles. The van der Waals surface area contributed by atoms with Crippen LogP contribution in [0.5, 0.6) is 0 Å². The number of hydrogen-bond donors (Lipinski definition) is 0. The van der Waals surface area contributed by atoms with Crippen molar-refractivity contribution in [3.05, 3.63) is 45.2 Å². The van der Waals surface area contributed by atoms with Crippen LogP contribution in [0.25, 0.3) is 0 Å². The number of aryl methyl sites for hydroxylation is 4. The van der Waals surface area contributed by atoms with Crippen LogP contribution < -0.4 is 4.90 Å². The molecule has 0 N–H and O–H groups in total. The van der Waals surface area contributed by atoms with E-state index in [0.717, 1.165) is 23.3 Å². The van der Waals surface area contributed by atoms with Gasteiger partial charge in [-0.3, -0.25) is 4.68 Å². The topological polar surface area (TPSA) is 21.1 Å². The molecule has 0 amide bonds. The van der Waals surface area contributed by atoms with Crippen LogP contribution in [0.4, 0.5) is 5.69 Å². The van der Waals surface area contributed by atoms with Gasteiger partial charge in [-0.1, -0.05) is 17.7 Å². The number of nitrogens with zero attached hydrogens (tertiary/aromatic N) is 3. The zero-order valence-corrected chi connectivity index (χ0v) is 14.5. The lowest BCUT2D eigenvalue weighted by Crippen LogP contribution is -2.20. The minimum absolute atomic E-state index is 0.846. The molecule has 108 valence electrons. The maximum atomic E-state index is 4.56. The van der Waals surface area contributed by atoms with E-state index >= 15 is 0 Å². The molecule has 4 heteroatoms. The average Bonchev–Trinajstić information content (AvgIpc) is 2.66. The Morgan fingerprint density at radius 2 is 1.95 bits per heavy atom. The quantitative estimate of drug-likeness (QED) is 0.833. The molecule has 0 bridgehead atoms. The molecule has 0 radical (unpaired) electrons. The summed E-state index contributed by atoms with van der Waals surface area (Å²) in [6.07, 6.45) is 0. The van der Waals surface area contributed by atoms with Gasteiger partial charge in [-0.15, -0.1) is 0 Å². The van der Waals surface area contributed by atoms with Crippen LogP contribution in [0.1, 0.15) is 29.4 Å². The molecule has 2 aromatic rings. The third kappa shape index (κ3) is 2.90. The summed E-state index contributed by atoms with van der Waals surface area (Å²) in [7, 11) is 2.13. The van der Waals surface area contributed by atoms with Crippen molar-refractivity contribution in [2.45, 2.75) is 40.8 Å². The van der Waals surface area contributed by atoms with Gasteiger partial charge in [0.2, 0.25) is 0 Å². The fourth-order valence-corrected chi connectivity index (χ4v) is 2.97. The zero-order chi connectivity index (χ0) is 14.9. The van der Waals surface area contributed by atoms with Gasteiger partial charge in [0.15, 0.2) is 0 Å². The van der Waals surface area contributed by atoms with Crippen LogP contribution in [0.3, 0.4) is 0 Å². The van der Waals surface area contributed by atoms with E-state index in [1.54, 1.807) is 0 Å². The SMILES string of the molecule is CCn1nc(C)c(Br)c1CN(C)c1ccc(C)cc1C. The minimum Gasteiger partial charge on any atom is -0.368 e. The second kappa shape index (κ2) is 6.00. The summed E-state index contributed by atoms with van der Waals surface area (Å²) in [5.41, 5.74) is 6.16. The Labute approximate surface area is 129 Å². The van der Waals surface area contributed by atoms with Crippen molar-refractivity contribution < 1.29 is 0 Å². The van der Waals surface area contributed by atoms with E-state index in [4.69, 9.17) is 0 Å². The van der Waals surface area contributed by atoms with Crippen molar-refractivity contribution in [3.63, 3.8) is 0 Å². The first-order valence-corrected chi connectivity index (χ1v) is 7.73. The van der Waals surface area contributed by atoms with E-state index in [9.17, 15) is 0 Å². The molecule has 3 nitrogen and oxygen atoms in total. The van der Waals surface area contributed by atoms with Crippen LogP contribution in [0.15, 0.2) is 22.7 Å². The number of halogens is 1. The first-order valence-electron chi connectivity index (χ1n) is 6.94. The van der Waals surface area contributed by atoms with Crippen molar-refractivity contribution in [3.8, 4) is 0 Å². The van der Waals surface area contributed by atoms with Gasteiger partial charge in [0.25, 0.3) is 0 Å². The normalized spacial score (nSPS) is 10.9. The average molecular weight is 336 g/mol. The van der Waals surface area contributed by atoms with Crippen molar-refractivity contribution in [1.29, 1.82) is 0 Å². The van der Waals surface area contributed by atoms with Gasteiger partial charge in [0.05, 0.1) is 22.4 Å². The Hall–Kier alpha value is -1.29. The highest BCUT2D eigenvalue weighted by atomic mass is 79.9. The Morgan fingerprint density at radius 1 is 1.25 bits per heavy atom. The van der Waals surface area contributed by atoms with Crippen LogP contribution in [0.2, 0.25) is 0 Å². The number of benzene rings is 1. The number of rotatable bonds is 4. The second-order valence-corrected chi connectivity index (χ2v) is 6.10. The highest BCUT2D eigenvalue weighted by Crippen LogP contribution is 2.26. The molecule has 0 aliphatic carbocycles. The molecule has 0 aliphatic rings. The van der Waals surface area contributed by atoms with Crippen molar-refractivity contribution >= 4 is 21.6 Å². The minimum atomic E-state index is 0.846. The highest BCUT2D eigenvalue weighted by molar-refractivity contribution is 9.10. The standard InChI is InChI=1S/C16H22BrN3/c1-6-20-15(16(17)13(4)18-20)10-19(5)14-8-7-11(2)9-12(14)3/h7-9H,6,10H2,1-5H3. The third-order valence-corrected chi connectivity index (χ3v) is 4.63. The lowest BCUT2D eigenvalue weighted by atomic mass is 10.1.